The summed E-state index contributed by atoms with van der Waals surface area (Å²) in [5.74, 6) is 0.996. The van der Waals surface area contributed by atoms with E-state index in [2.05, 4.69) is 37.0 Å². The summed E-state index contributed by atoms with van der Waals surface area (Å²) < 4.78 is 0. The van der Waals surface area contributed by atoms with Gasteiger partial charge in [0.2, 0.25) is 6.08 Å². The average Bonchev–Trinajstić information content (AvgIpc) is 2.24. The molecule has 0 unspecified atom stereocenters. The number of nitrogens with zero attached hydrogens (tertiary/aromatic N) is 1. The van der Waals surface area contributed by atoms with Crippen LogP contribution in [0.1, 0.15) is 17.5 Å². The van der Waals surface area contributed by atoms with Gasteiger partial charge in [-0.15, -0.1) is 11.8 Å². The molecule has 80 valence electrons. The monoisotopic (exact) mass is 221 g/mol. The smallest absolute Gasteiger partial charge is 0.211 e. The van der Waals surface area contributed by atoms with Gasteiger partial charge in [0, 0.05) is 4.90 Å². The van der Waals surface area contributed by atoms with E-state index < -0.39 is 0 Å². The topological polar surface area (TPSA) is 29.4 Å². The van der Waals surface area contributed by atoms with Crippen molar-refractivity contribution in [2.24, 2.45) is 4.99 Å². The third-order valence-electron chi connectivity index (χ3n) is 2.29. The summed E-state index contributed by atoms with van der Waals surface area (Å²) in [4.78, 5) is 14.7. The van der Waals surface area contributed by atoms with Crippen LogP contribution >= 0.6 is 11.8 Å². The second kappa shape index (κ2) is 6.44. The van der Waals surface area contributed by atoms with Crippen molar-refractivity contribution in [1.29, 1.82) is 0 Å². The van der Waals surface area contributed by atoms with Crippen LogP contribution in [0, 0.1) is 13.8 Å². The minimum absolute atomic E-state index is 0.585. The molecule has 0 heterocycles. The first-order valence-corrected chi connectivity index (χ1v) is 5.97. The second-order valence-electron chi connectivity index (χ2n) is 3.37. The van der Waals surface area contributed by atoms with E-state index in [1.165, 1.54) is 16.0 Å². The van der Waals surface area contributed by atoms with E-state index in [9.17, 15) is 4.79 Å². The number of hydrogen-bond donors (Lipinski definition) is 0. The van der Waals surface area contributed by atoms with Crippen LogP contribution in [0.5, 0.6) is 0 Å². The van der Waals surface area contributed by atoms with Gasteiger partial charge in [0.05, 0.1) is 6.54 Å². The van der Waals surface area contributed by atoms with Crippen LogP contribution in [0.3, 0.4) is 0 Å². The maximum atomic E-state index is 9.84. The lowest BCUT2D eigenvalue weighted by Crippen LogP contribution is -1.88. The maximum Gasteiger partial charge on any atom is 0.234 e. The largest absolute Gasteiger partial charge is 0.234 e. The summed E-state index contributed by atoms with van der Waals surface area (Å²) in [6.07, 6.45) is 2.48. The predicted octanol–water partition coefficient (Wildman–Crippen LogP) is 3.12. The Balaban J connectivity index is 2.44. The molecule has 1 aromatic carbocycles. The second-order valence-corrected chi connectivity index (χ2v) is 4.51. The van der Waals surface area contributed by atoms with Gasteiger partial charge in [0.1, 0.15) is 0 Å². The van der Waals surface area contributed by atoms with Crippen LogP contribution in [-0.2, 0) is 4.79 Å². The molecule has 0 radical (unpaired) electrons. The molecule has 1 aromatic rings. The van der Waals surface area contributed by atoms with Crippen LogP contribution < -0.4 is 0 Å². The molecule has 0 saturated heterocycles. The molecule has 0 saturated carbocycles. The number of benzene rings is 1. The Morgan fingerprint density at radius 3 is 2.93 bits per heavy atom. The van der Waals surface area contributed by atoms with Crippen molar-refractivity contribution < 1.29 is 4.79 Å². The Morgan fingerprint density at radius 1 is 1.40 bits per heavy atom. The molecular formula is C12H15NOS. The van der Waals surface area contributed by atoms with Crippen LogP contribution in [0.4, 0.5) is 0 Å². The molecule has 0 aliphatic heterocycles. The molecule has 0 aliphatic rings. The fraction of sp³-hybridized carbons (Fsp3) is 0.417. The van der Waals surface area contributed by atoms with Crippen LogP contribution in [0.15, 0.2) is 28.1 Å². The molecule has 0 atom stereocenters. The summed E-state index contributed by atoms with van der Waals surface area (Å²) in [7, 11) is 0. The molecule has 2 nitrogen and oxygen atoms in total. The van der Waals surface area contributed by atoms with Crippen LogP contribution in [0.25, 0.3) is 0 Å². The Labute approximate surface area is 94.8 Å². The standard InChI is InChI=1S/C12H15NOS/c1-10-5-3-6-12(11(10)2)15-8-4-7-13-9-14/h3,5-6H,4,7-8H2,1-2H3. The minimum Gasteiger partial charge on any atom is -0.211 e. The zero-order chi connectivity index (χ0) is 11.1. The highest BCUT2D eigenvalue weighted by atomic mass is 32.2. The summed E-state index contributed by atoms with van der Waals surface area (Å²) in [6.45, 7) is 4.85. The summed E-state index contributed by atoms with van der Waals surface area (Å²) >= 11 is 1.82. The molecule has 0 fully saturated rings. The zero-order valence-electron chi connectivity index (χ0n) is 9.12. The van der Waals surface area contributed by atoms with Gasteiger partial charge in [-0.05, 0) is 43.2 Å². The summed E-state index contributed by atoms with van der Waals surface area (Å²) in [5, 5.41) is 0. The molecule has 3 heteroatoms. The van der Waals surface area contributed by atoms with Crippen LogP contribution in [-0.4, -0.2) is 18.4 Å². The number of aryl methyl sites for hydroxylation is 1. The first kappa shape index (κ1) is 12.0. The van der Waals surface area contributed by atoms with Gasteiger partial charge in [0.15, 0.2) is 0 Å². The number of isocyanates is 1. The Bertz CT molecular complexity index is 370. The first-order valence-electron chi connectivity index (χ1n) is 4.98. The highest BCUT2D eigenvalue weighted by Crippen LogP contribution is 2.24. The first-order chi connectivity index (χ1) is 7.25. The molecule has 0 spiro atoms. The Kier molecular flexibility index (Phi) is 5.16. The molecule has 15 heavy (non-hydrogen) atoms. The van der Waals surface area contributed by atoms with Crippen molar-refractivity contribution in [3.8, 4) is 0 Å². The van der Waals surface area contributed by atoms with Gasteiger partial charge in [-0.1, -0.05) is 12.1 Å². The van der Waals surface area contributed by atoms with E-state index in [1.54, 1.807) is 6.08 Å². The third-order valence-corrected chi connectivity index (χ3v) is 3.54. The van der Waals surface area contributed by atoms with E-state index in [-0.39, 0.29) is 0 Å². The summed E-state index contributed by atoms with van der Waals surface area (Å²) in [5.41, 5.74) is 2.67. The molecular weight excluding hydrogens is 206 g/mol. The van der Waals surface area contributed by atoms with Gasteiger partial charge in [0.25, 0.3) is 0 Å². The fourth-order valence-corrected chi connectivity index (χ4v) is 2.30. The lowest BCUT2D eigenvalue weighted by molar-refractivity contribution is 0.562. The van der Waals surface area contributed by atoms with E-state index in [1.807, 2.05) is 11.8 Å². The van der Waals surface area contributed by atoms with Crippen molar-refractivity contribution in [3.63, 3.8) is 0 Å². The predicted molar refractivity (Wildman–Crippen MR) is 64.2 cm³/mol. The Hall–Kier alpha value is -1.05. The van der Waals surface area contributed by atoms with Crippen molar-refractivity contribution in [3.05, 3.63) is 29.3 Å². The lowest BCUT2D eigenvalue weighted by Gasteiger charge is -2.06. The van der Waals surface area contributed by atoms with Crippen molar-refractivity contribution in [2.75, 3.05) is 12.3 Å². The number of rotatable bonds is 5. The quantitative estimate of drug-likeness (QED) is 0.331. The summed E-state index contributed by atoms with van der Waals surface area (Å²) in [6, 6.07) is 6.33. The number of hydrogen-bond acceptors (Lipinski definition) is 3. The number of aliphatic imine (C=N–C) groups is 1. The van der Waals surface area contributed by atoms with E-state index in [0.29, 0.717) is 6.54 Å². The van der Waals surface area contributed by atoms with Crippen LogP contribution in [0.2, 0.25) is 0 Å². The van der Waals surface area contributed by atoms with Gasteiger partial charge in [-0.3, -0.25) is 0 Å². The van der Waals surface area contributed by atoms with Crippen molar-refractivity contribution in [1.82, 2.24) is 0 Å². The fourth-order valence-electron chi connectivity index (χ4n) is 1.25. The van der Waals surface area contributed by atoms with Gasteiger partial charge in [-0.2, -0.15) is 0 Å². The third kappa shape index (κ3) is 3.90. The lowest BCUT2D eigenvalue weighted by atomic mass is 10.1. The number of thioether (sulfide) groups is 1. The van der Waals surface area contributed by atoms with Crippen molar-refractivity contribution >= 4 is 17.8 Å². The molecule has 1 rings (SSSR count). The SMILES string of the molecule is Cc1cccc(SCCCN=C=O)c1C. The zero-order valence-corrected chi connectivity index (χ0v) is 9.93. The molecule has 0 bridgehead atoms. The minimum atomic E-state index is 0.585. The number of carbonyl (C=O) groups excluding carboxylic acids is 1. The molecule has 0 aliphatic carbocycles. The van der Waals surface area contributed by atoms with Crippen molar-refractivity contribution in [2.45, 2.75) is 25.2 Å². The normalized spacial score (nSPS) is 9.73. The van der Waals surface area contributed by atoms with E-state index >= 15 is 0 Å². The maximum absolute atomic E-state index is 9.84. The highest BCUT2D eigenvalue weighted by molar-refractivity contribution is 7.99. The molecule has 0 amide bonds. The highest BCUT2D eigenvalue weighted by Gasteiger charge is 2.00. The van der Waals surface area contributed by atoms with Gasteiger partial charge < -0.3 is 0 Å². The molecule has 0 N–H and O–H groups in total. The van der Waals surface area contributed by atoms with E-state index in [4.69, 9.17) is 0 Å². The van der Waals surface area contributed by atoms with Gasteiger partial charge in [-0.25, -0.2) is 9.79 Å². The average molecular weight is 221 g/mol. The molecule has 0 aromatic heterocycles. The Morgan fingerprint density at radius 2 is 2.20 bits per heavy atom. The van der Waals surface area contributed by atoms with Gasteiger partial charge >= 0.3 is 0 Å². The van der Waals surface area contributed by atoms with E-state index in [0.717, 1.165) is 12.2 Å².